The van der Waals surface area contributed by atoms with Crippen LogP contribution in [0.4, 0.5) is 4.39 Å². The van der Waals surface area contributed by atoms with Gasteiger partial charge in [0.25, 0.3) is 0 Å². The first-order chi connectivity index (χ1) is 11.9. The first kappa shape index (κ1) is 17.4. The van der Waals surface area contributed by atoms with Gasteiger partial charge in [0.1, 0.15) is 12.0 Å². The molecule has 0 aliphatic heterocycles. The Bertz CT molecular complexity index is 624. The number of Topliss-reactive ketones (excluding diaryl/α,β-unsaturated/α-hetero) is 1. The number of fused-ring (bicyclic) bond motifs is 5. The van der Waals surface area contributed by atoms with Crippen molar-refractivity contribution in [3.63, 3.8) is 0 Å². The highest BCUT2D eigenvalue weighted by atomic mass is 19.1. The molecule has 0 spiro atoms. The molecule has 0 aromatic carbocycles. The summed E-state index contributed by atoms with van der Waals surface area (Å²) in [6.45, 7) is 6.34. The summed E-state index contributed by atoms with van der Waals surface area (Å²) in [5, 5.41) is 0. The van der Waals surface area contributed by atoms with Gasteiger partial charge in [0.2, 0.25) is 0 Å². The van der Waals surface area contributed by atoms with Gasteiger partial charge in [0.15, 0.2) is 5.78 Å². The molecule has 4 aliphatic rings. The Labute approximate surface area is 150 Å². The molecule has 4 aliphatic carbocycles. The number of ketones is 2. The van der Waals surface area contributed by atoms with Gasteiger partial charge in [-0.15, -0.1) is 0 Å². The van der Waals surface area contributed by atoms with E-state index in [2.05, 4.69) is 13.8 Å². The molecule has 2 nitrogen and oxygen atoms in total. The molecule has 3 saturated carbocycles. The predicted octanol–water partition coefficient (Wildman–Crippen LogP) is 4.92. The van der Waals surface area contributed by atoms with Crippen molar-refractivity contribution in [2.24, 2.45) is 40.9 Å². The van der Waals surface area contributed by atoms with Crippen LogP contribution in [-0.2, 0) is 9.59 Å². The number of rotatable bonds is 2. The zero-order valence-electron chi connectivity index (χ0n) is 15.8. The molecule has 0 radical (unpaired) electrons. The summed E-state index contributed by atoms with van der Waals surface area (Å²) in [6.07, 6.45) is 7.08. The molecule has 138 valence electrons. The summed E-state index contributed by atoms with van der Waals surface area (Å²) < 4.78 is 14.8. The zero-order chi connectivity index (χ0) is 17.9. The number of hydrogen-bond acceptors (Lipinski definition) is 2. The van der Waals surface area contributed by atoms with E-state index in [1.807, 2.05) is 0 Å². The van der Waals surface area contributed by atoms with Crippen molar-refractivity contribution in [2.75, 3.05) is 0 Å². The van der Waals surface area contributed by atoms with Gasteiger partial charge in [0, 0.05) is 18.3 Å². The average Bonchev–Trinajstić information content (AvgIpc) is 2.86. The van der Waals surface area contributed by atoms with E-state index in [1.54, 1.807) is 13.0 Å². The van der Waals surface area contributed by atoms with Gasteiger partial charge in [-0.1, -0.05) is 25.8 Å². The Morgan fingerprint density at radius 3 is 2.76 bits per heavy atom. The number of halogens is 1. The minimum atomic E-state index is -0.989. The summed E-state index contributed by atoms with van der Waals surface area (Å²) in [5.41, 5.74) is 1.19. The maximum Gasteiger partial charge on any atom is 0.158 e. The molecule has 3 fully saturated rings. The van der Waals surface area contributed by atoms with E-state index >= 15 is 0 Å². The Balaban J connectivity index is 1.67. The third kappa shape index (κ3) is 2.48. The van der Waals surface area contributed by atoms with Crippen LogP contribution in [0.1, 0.15) is 65.7 Å². The number of allylic oxidation sites excluding steroid dienone is 1. The van der Waals surface area contributed by atoms with Gasteiger partial charge in [0.05, 0.1) is 0 Å². The maximum absolute atomic E-state index is 14.8. The molecular weight excluding hydrogens is 315 g/mol. The lowest BCUT2D eigenvalue weighted by Crippen LogP contribution is -2.49. The first-order valence-corrected chi connectivity index (χ1v) is 10.2. The Morgan fingerprint density at radius 1 is 1.32 bits per heavy atom. The lowest BCUT2D eigenvalue weighted by molar-refractivity contribution is -0.129. The van der Waals surface area contributed by atoms with Crippen molar-refractivity contribution in [1.82, 2.24) is 0 Å². The smallest absolute Gasteiger partial charge is 0.158 e. The van der Waals surface area contributed by atoms with Gasteiger partial charge in [-0.3, -0.25) is 9.59 Å². The second-order valence-electron chi connectivity index (χ2n) is 9.44. The van der Waals surface area contributed by atoms with Crippen molar-refractivity contribution in [2.45, 2.75) is 71.9 Å². The van der Waals surface area contributed by atoms with Gasteiger partial charge in [-0.2, -0.15) is 0 Å². The molecule has 0 N–H and O–H groups in total. The summed E-state index contributed by atoms with van der Waals surface area (Å²) in [4.78, 5) is 24.2. The molecule has 0 amide bonds. The first-order valence-electron chi connectivity index (χ1n) is 10.2. The normalized spacial score (nSPS) is 49.0. The van der Waals surface area contributed by atoms with Crippen molar-refractivity contribution in [3.8, 4) is 0 Å². The fraction of sp³-hybridized carbons (Fsp3) is 0.818. The summed E-state index contributed by atoms with van der Waals surface area (Å²) in [6, 6.07) is 0. The molecule has 8 atom stereocenters. The van der Waals surface area contributed by atoms with Crippen molar-refractivity contribution < 1.29 is 14.0 Å². The zero-order valence-corrected chi connectivity index (χ0v) is 15.8. The van der Waals surface area contributed by atoms with E-state index in [1.165, 1.54) is 0 Å². The third-order valence-electron chi connectivity index (χ3n) is 8.42. The molecule has 0 heterocycles. The van der Waals surface area contributed by atoms with E-state index in [0.717, 1.165) is 44.1 Å². The van der Waals surface area contributed by atoms with E-state index in [4.69, 9.17) is 0 Å². The number of carbonyl (C=O) groups excluding carboxylic acids is 2. The second kappa shape index (κ2) is 6.03. The van der Waals surface area contributed by atoms with Crippen LogP contribution in [0.15, 0.2) is 11.6 Å². The van der Waals surface area contributed by atoms with Crippen LogP contribution in [0.3, 0.4) is 0 Å². The average molecular weight is 346 g/mol. The molecule has 25 heavy (non-hydrogen) atoms. The Hall–Kier alpha value is -0.990. The summed E-state index contributed by atoms with van der Waals surface area (Å²) in [7, 11) is 0. The molecule has 0 aromatic rings. The second-order valence-corrected chi connectivity index (χ2v) is 9.44. The molecular formula is C22H31FO2. The number of hydrogen-bond donors (Lipinski definition) is 0. The van der Waals surface area contributed by atoms with E-state index in [0.29, 0.717) is 29.5 Å². The molecule has 1 unspecified atom stereocenters. The monoisotopic (exact) mass is 346 g/mol. The fourth-order valence-electron chi connectivity index (χ4n) is 7.58. The summed E-state index contributed by atoms with van der Waals surface area (Å²) >= 11 is 0. The van der Waals surface area contributed by atoms with E-state index < -0.39 is 6.17 Å². The lowest BCUT2D eigenvalue weighted by Gasteiger charge is -2.54. The van der Waals surface area contributed by atoms with Crippen molar-refractivity contribution in [3.05, 3.63) is 11.6 Å². The van der Waals surface area contributed by atoms with Gasteiger partial charge in [-0.05, 0) is 74.2 Å². The van der Waals surface area contributed by atoms with Crippen LogP contribution >= 0.6 is 0 Å². The lowest BCUT2D eigenvalue weighted by atomic mass is 9.51. The topological polar surface area (TPSA) is 34.1 Å². The van der Waals surface area contributed by atoms with E-state index in [-0.39, 0.29) is 29.5 Å². The Kier molecular flexibility index (Phi) is 4.20. The summed E-state index contributed by atoms with van der Waals surface area (Å²) in [5.74, 6) is 2.45. The van der Waals surface area contributed by atoms with Crippen LogP contribution in [0.5, 0.6) is 0 Å². The molecule has 0 aromatic heterocycles. The van der Waals surface area contributed by atoms with Crippen LogP contribution in [0, 0.1) is 40.9 Å². The van der Waals surface area contributed by atoms with Crippen LogP contribution in [-0.4, -0.2) is 17.7 Å². The number of alkyl halides is 1. The largest absolute Gasteiger partial charge is 0.300 e. The van der Waals surface area contributed by atoms with Gasteiger partial charge < -0.3 is 0 Å². The molecule has 0 bridgehead atoms. The third-order valence-corrected chi connectivity index (χ3v) is 8.42. The molecule has 3 heteroatoms. The minimum Gasteiger partial charge on any atom is -0.300 e. The van der Waals surface area contributed by atoms with Crippen LogP contribution < -0.4 is 0 Å². The highest BCUT2D eigenvalue weighted by Crippen LogP contribution is 2.65. The molecule has 0 saturated heterocycles. The van der Waals surface area contributed by atoms with Crippen LogP contribution in [0.25, 0.3) is 0 Å². The fourth-order valence-corrected chi connectivity index (χ4v) is 7.58. The predicted molar refractivity (Wildman–Crippen MR) is 95.7 cm³/mol. The highest BCUT2D eigenvalue weighted by Gasteiger charge is 2.60. The van der Waals surface area contributed by atoms with Crippen LogP contribution in [0.2, 0.25) is 0 Å². The van der Waals surface area contributed by atoms with Crippen molar-refractivity contribution in [1.29, 1.82) is 0 Å². The van der Waals surface area contributed by atoms with E-state index in [9.17, 15) is 14.0 Å². The standard InChI is InChI=1S/C22H31FO2/c1-4-13-10-18-16-6-5-14-9-15(25)11-19(23)20(14)17(16)7-8-22(18,3)21(13)12(2)24/h9,13,16-21H,4-8,10-11H2,1-3H3/t13-,16-,17+,18+,19?,20+,21+,22+/m1/s1. The minimum absolute atomic E-state index is 0.0265. The SMILES string of the molecule is CC[C@@H]1C[C@H]2[C@@H]3CCC4=CC(=O)CC(F)[C@@H]4[C@H]3CC[C@]2(C)[C@H]1C(C)=O. The molecule has 4 rings (SSSR count). The van der Waals surface area contributed by atoms with Gasteiger partial charge >= 0.3 is 0 Å². The van der Waals surface area contributed by atoms with Gasteiger partial charge in [-0.25, -0.2) is 4.39 Å². The highest BCUT2D eigenvalue weighted by molar-refractivity contribution is 5.92. The Morgan fingerprint density at radius 2 is 2.08 bits per heavy atom. The quantitative estimate of drug-likeness (QED) is 0.711. The van der Waals surface area contributed by atoms with Crippen molar-refractivity contribution >= 4 is 11.6 Å². The maximum atomic E-state index is 14.8. The number of carbonyl (C=O) groups is 2.